The highest BCUT2D eigenvalue weighted by Crippen LogP contribution is 2.37. The molecule has 21 heavy (non-hydrogen) atoms. The summed E-state index contributed by atoms with van der Waals surface area (Å²) in [6.07, 6.45) is 0. The number of hydrogen-bond donors (Lipinski definition) is 1. The Labute approximate surface area is 123 Å². The number of urea groups is 1. The maximum absolute atomic E-state index is 12.6. The van der Waals surface area contributed by atoms with E-state index < -0.39 is 5.54 Å². The second-order valence-electron chi connectivity index (χ2n) is 5.93. The van der Waals surface area contributed by atoms with E-state index in [9.17, 15) is 9.59 Å². The molecule has 0 aliphatic carbocycles. The number of nitrogens with one attached hydrogen (secondary N) is 1. The molecule has 1 saturated heterocycles. The number of fused-ring (bicyclic) bond motifs is 1. The minimum atomic E-state index is -1.06. The summed E-state index contributed by atoms with van der Waals surface area (Å²) in [5, 5.41) is 2.78. The van der Waals surface area contributed by atoms with Gasteiger partial charge in [-0.05, 0) is 30.5 Å². The van der Waals surface area contributed by atoms with E-state index in [1.165, 1.54) is 4.90 Å². The topological polar surface area (TPSA) is 67.9 Å². The summed E-state index contributed by atoms with van der Waals surface area (Å²) >= 11 is 0. The van der Waals surface area contributed by atoms with Crippen LogP contribution in [0.5, 0.6) is 11.5 Å². The molecule has 0 aromatic heterocycles. The normalized spacial score (nSPS) is 23.9. The van der Waals surface area contributed by atoms with Gasteiger partial charge in [0.05, 0.1) is 0 Å². The molecule has 0 radical (unpaired) electrons. The molecule has 1 aromatic rings. The van der Waals surface area contributed by atoms with Crippen molar-refractivity contribution in [2.24, 2.45) is 5.92 Å². The van der Waals surface area contributed by atoms with E-state index in [4.69, 9.17) is 9.47 Å². The largest absolute Gasteiger partial charge is 0.454 e. The van der Waals surface area contributed by atoms with E-state index in [-0.39, 0.29) is 24.6 Å². The number of rotatable bonds is 3. The lowest BCUT2D eigenvalue weighted by Gasteiger charge is -2.23. The van der Waals surface area contributed by atoms with Crippen LogP contribution in [0.4, 0.5) is 4.79 Å². The highest BCUT2D eigenvalue weighted by molar-refractivity contribution is 6.07. The molecule has 0 spiro atoms. The van der Waals surface area contributed by atoms with Gasteiger partial charge < -0.3 is 14.8 Å². The number of hydrogen-bond acceptors (Lipinski definition) is 4. The van der Waals surface area contributed by atoms with Gasteiger partial charge in [-0.1, -0.05) is 19.9 Å². The summed E-state index contributed by atoms with van der Waals surface area (Å²) in [5.74, 6) is 1.23. The fourth-order valence-electron chi connectivity index (χ4n) is 2.63. The van der Waals surface area contributed by atoms with Gasteiger partial charge in [0.25, 0.3) is 5.91 Å². The van der Waals surface area contributed by atoms with E-state index in [0.717, 1.165) is 0 Å². The van der Waals surface area contributed by atoms with Crippen molar-refractivity contribution in [1.82, 2.24) is 10.2 Å². The number of ether oxygens (including phenoxy) is 2. The first kappa shape index (κ1) is 13.7. The van der Waals surface area contributed by atoms with Gasteiger partial charge in [0.15, 0.2) is 11.5 Å². The number of amides is 3. The van der Waals surface area contributed by atoms with E-state index in [0.29, 0.717) is 23.6 Å². The molecule has 0 saturated carbocycles. The molecule has 1 aromatic carbocycles. The summed E-state index contributed by atoms with van der Waals surface area (Å²) in [7, 11) is 0. The zero-order valence-electron chi connectivity index (χ0n) is 12.3. The summed E-state index contributed by atoms with van der Waals surface area (Å²) in [5.41, 5.74) is -0.371. The molecule has 2 aliphatic heterocycles. The number of nitrogens with zero attached hydrogens (tertiary/aromatic N) is 1. The van der Waals surface area contributed by atoms with Crippen LogP contribution < -0.4 is 14.8 Å². The molecule has 2 heterocycles. The van der Waals surface area contributed by atoms with E-state index in [1.807, 2.05) is 13.8 Å². The molecule has 112 valence electrons. The average Bonchev–Trinajstić information content (AvgIpc) is 2.97. The highest BCUT2D eigenvalue weighted by atomic mass is 16.7. The van der Waals surface area contributed by atoms with Crippen LogP contribution in [0.15, 0.2) is 18.2 Å². The van der Waals surface area contributed by atoms with Gasteiger partial charge in [-0.15, -0.1) is 0 Å². The molecule has 3 amide bonds. The third kappa shape index (κ3) is 2.11. The maximum atomic E-state index is 12.6. The molecule has 1 unspecified atom stereocenters. The van der Waals surface area contributed by atoms with Crippen molar-refractivity contribution in [3.8, 4) is 11.5 Å². The van der Waals surface area contributed by atoms with Crippen LogP contribution in [0, 0.1) is 5.92 Å². The van der Waals surface area contributed by atoms with Crippen LogP contribution in [0.2, 0.25) is 0 Å². The lowest BCUT2D eigenvalue weighted by atomic mass is 9.91. The van der Waals surface area contributed by atoms with Crippen molar-refractivity contribution in [2.45, 2.75) is 26.3 Å². The highest BCUT2D eigenvalue weighted by Gasteiger charge is 2.49. The monoisotopic (exact) mass is 290 g/mol. The SMILES string of the molecule is CC(C)CN1C(=O)NC(C)(c2ccc3c(c2)OCO3)C1=O. The minimum absolute atomic E-state index is 0.176. The minimum Gasteiger partial charge on any atom is -0.454 e. The Morgan fingerprint density at radius 3 is 2.71 bits per heavy atom. The van der Waals surface area contributed by atoms with Crippen LogP contribution in [0.25, 0.3) is 0 Å². The molecule has 2 aliphatic rings. The first-order chi connectivity index (χ1) is 9.91. The molecule has 1 fully saturated rings. The van der Waals surface area contributed by atoms with Crippen LogP contribution in [0.3, 0.4) is 0 Å². The smallest absolute Gasteiger partial charge is 0.325 e. The molecule has 1 N–H and O–H groups in total. The first-order valence-electron chi connectivity index (χ1n) is 6.96. The van der Waals surface area contributed by atoms with E-state index in [2.05, 4.69) is 5.32 Å². The number of carbonyl (C=O) groups is 2. The van der Waals surface area contributed by atoms with Crippen LogP contribution in [-0.4, -0.2) is 30.2 Å². The molecular weight excluding hydrogens is 272 g/mol. The van der Waals surface area contributed by atoms with Gasteiger partial charge in [0, 0.05) is 6.54 Å². The van der Waals surface area contributed by atoms with E-state index >= 15 is 0 Å². The quantitative estimate of drug-likeness (QED) is 0.862. The Balaban J connectivity index is 1.94. The summed E-state index contributed by atoms with van der Waals surface area (Å²) in [4.78, 5) is 26.0. The molecule has 6 heteroatoms. The second-order valence-corrected chi connectivity index (χ2v) is 5.93. The lowest BCUT2D eigenvalue weighted by Crippen LogP contribution is -2.41. The Hall–Kier alpha value is -2.24. The average molecular weight is 290 g/mol. The fraction of sp³-hybridized carbons (Fsp3) is 0.467. The maximum Gasteiger partial charge on any atom is 0.325 e. The third-order valence-electron chi connectivity index (χ3n) is 3.77. The predicted molar refractivity (Wildman–Crippen MR) is 75.0 cm³/mol. The molecule has 3 rings (SSSR count). The predicted octanol–water partition coefficient (Wildman–Crippen LogP) is 1.84. The van der Waals surface area contributed by atoms with Gasteiger partial charge in [0.1, 0.15) is 5.54 Å². The fourth-order valence-corrected chi connectivity index (χ4v) is 2.63. The van der Waals surface area contributed by atoms with Crippen LogP contribution in [0.1, 0.15) is 26.3 Å². The Bertz CT molecular complexity index is 614. The van der Waals surface area contributed by atoms with Gasteiger partial charge in [0.2, 0.25) is 6.79 Å². The van der Waals surface area contributed by atoms with Gasteiger partial charge in [-0.3, -0.25) is 9.69 Å². The van der Waals surface area contributed by atoms with Crippen molar-refractivity contribution < 1.29 is 19.1 Å². The van der Waals surface area contributed by atoms with Crippen LogP contribution in [-0.2, 0) is 10.3 Å². The van der Waals surface area contributed by atoms with Crippen molar-refractivity contribution in [3.63, 3.8) is 0 Å². The zero-order valence-corrected chi connectivity index (χ0v) is 12.3. The Kier molecular flexibility index (Phi) is 3.04. The van der Waals surface area contributed by atoms with Crippen molar-refractivity contribution >= 4 is 11.9 Å². The Morgan fingerprint density at radius 2 is 2.00 bits per heavy atom. The van der Waals surface area contributed by atoms with Crippen LogP contribution >= 0.6 is 0 Å². The molecule has 1 atom stereocenters. The number of imide groups is 1. The van der Waals surface area contributed by atoms with Crippen molar-refractivity contribution in [2.75, 3.05) is 13.3 Å². The van der Waals surface area contributed by atoms with Crippen molar-refractivity contribution in [3.05, 3.63) is 23.8 Å². The molecule has 0 bridgehead atoms. The second kappa shape index (κ2) is 4.65. The summed E-state index contributed by atoms with van der Waals surface area (Å²) in [6.45, 7) is 6.23. The zero-order chi connectivity index (χ0) is 15.2. The van der Waals surface area contributed by atoms with Crippen molar-refractivity contribution in [1.29, 1.82) is 0 Å². The number of carbonyl (C=O) groups excluding carboxylic acids is 2. The van der Waals surface area contributed by atoms with E-state index in [1.54, 1.807) is 25.1 Å². The lowest BCUT2D eigenvalue weighted by molar-refractivity contribution is -0.131. The third-order valence-corrected chi connectivity index (χ3v) is 3.77. The molecule has 6 nitrogen and oxygen atoms in total. The van der Waals surface area contributed by atoms with Gasteiger partial charge >= 0.3 is 6.03 Å². The standard InChI is InChI=1S/C15H18N2O4/c1-9(2)7-17-13(18)15(3,16-14(17)19)10-4-5-11-12(6-10)21-8-20-11/h4-6,9H,7-8H2,1-3H3,(H,16,19). The van der Waals surface area contributed by atoms with Gasteiger partial charge in [-0.2, -0.15) is 0 Å². The summed E-state index contributed by atoms with van der Waals surface area (Å²) < 4.78 is 10.6. The molecular formula is C15H18N2O4. The number of benzene rings is 1. The summed E-state index contributed by atoms with van der Waals surface area (Å²) in [6, 6.07) is 4.94. The first-order valence-corrected chi connectivity index (χ1v) is 6.96. The Morgan fingerprint density at radius 1 is 1.29 bits per heavy atom. The van der Waals surface area contributed by atoms with Gasteiger partial charge in [-0.25, -0.2) is 4.79 Å².